The Kier molecular flexibility index (Phi) is 13.3. The summed E-state index contributed by atoms with van der Waals surface area (Å²) in [5, 5.41) is 9.62. The fourth-order valence-corrected chi connectivity index (χ4v) is 3.64. The third kappa shape index (κ3) is 13.4. The van der Waals surface area contributed by atoms with Gasteiger partial charge in [-0.1, -0.05) is 29.8 Å². The van der Waals surface area contributed by atoms with Crippen molar-refractivity contribution in [2.75, 3.05) is 38.1 Å². The Hall–Kier alpha value is -1.91. The van der Waals surface area contributed by atoms with Crippen molar-refractivity contribution < 1.29 is 32.3 Å². The molecule has 184 valence electrons. The van der Waals surface area contributed by atoms with Crippen LogP contribution in [0.5, 0.6) is 5.75 Å². The van der Waals surface area contributed by atoms with Crippen LogP contribution >= 0.6 is 0 Å². The quantitative estimate of drug-likeness (QED) is 0.354. The number of aryl methyl sites for hydroxylation is 1. The van der Waals surface area contributed by atoms with Crippen LogP contribution < -0.4 is 4.74 Å². The highest BCUT2D eigenvalue weighted by Crippen LogP contribution is 2.14. The number of carbonyl (C=O) groups excluding carboxylic acids is 1. The monoisotopic (exact) mass is 498 g/mol. The summed E-state index contributed by atoms with van der Waals surface area (Å²) in [6.07, 6.45) is 4.80. The van der Waals surface area contributed by atoms with Gasteiger partial charge in [-0.25, -0.2) is 8.42 Å². The molecule has 2 rings (SSSR count). The van der Waals surface area contributed by atoms with E-state index in [4.69, 9.17) is 9.47 Å². The zero-order chi connectivity index (χ0) is 24.9. The summed E-state index contributed by atoms with van der Waals surface area (Å²) in [5.74, 6) is 1.94. The third-order valence-electron chi connectivity index (χ3n) is 4.38. The summed E-state index contributed by atoms with van der Waals surface area (Å²) in [7, 11) is -3.95. The van der Waals surface area contributed by atoms with Gasteiger partial charge in [0.25, 0.3) is 0 Å². The van der Waals surface area contributed by atoms with Gasteiger partial charge in [0.05, 0.1) is 30.4 Å². The minimum Gasteiger partial charge on any atom is -0.744 e. The molecule has 0 radical (unpaired) electrons. The Bertz CT molecular complexity index is 924. The number of carbonyl (C=O) groups is 1. The third-order valence-corrected chi connectivity index (χ3v) is 6.25. The maximum Gasteiger partial charge on any atom is 0.141 e. The van der Waals surface area contributed by atoms with Gasteiger partial charge in [-0.05, 0) is 54.6 Å². The highest BCUT2D eigenvalue weighted by Gasteiger charge is 2.10. The normalized spacial score (nSPS) is 12.1. The van der Waals surface area contributed by atoms with E-state index < -0.39 is 16.2 Å². The van der Waals surface area contributed by atoms with E-state index in [0.717, 1.165) is 16.9 Å². The molecule has 0 saturated carbocycles. The first kappa shape index (κ1) is 29.1. The summed E-state index contributed by atoms with van der Waals surface area (Å²) in [4.78, 5) is 11.7. The SMILES string of the molecule is CCOCC(O)COc1ccc(CC(=O)CC[S+](C)C)cc1.Cc1ccc(S(=O)(=O)[O-])cc1. The van der Waals surface area contributed by atoms with Crippen LogP contribution in [-0.2, 0) is 37.0 Å². The molecular weight excluding hydrogens is 464 g/mol. The van der Waals surface area contributed by atoms with Gasteiger partial charge in [0.2, 0.25) is 0 Å². The second-order valence-electron chi connectivity index (χ2n) is 7.69. The molecule has 1 unspecified atom stereocenters. The first-order valence-electron chi connectivity index (χ1n) is 10.6. The van der Waals surface area contributed by atoms with Gasteiger partial charge < -0.3 is 19.1 Å². The van der Waals surface area contributed by atoms with E-state index in [2.05, 4.69) is 12.5 Å². The van der Waals surface area contributed by atoms with Crippen molar-refractivity contribution in [1.29, 1.82) is 0 Å². The lowest BCUT2D eigenvalue weighted by Crippen LogP contribution is -2.23. The summed E-state index contributed by atoms with van der Waals surface area (Å²) in [6, 6.07) is 13.3. The Balaban J connectivity index is 0.000000412. The van der Waals surface area contributed by atoms with Crippen LogP contribution in [0.3, 0.4) is 0 Å². The van der Waals surface area contributed by atoms with E-state index in [1.165, 1.54) is 12.1 Å². The Morgan fingerprint density at radius 3 is 2.18 bits per heavy atom. The van der Waals surface area contributed by atoms with Gasteiger partial charge >= 0.3 is 0 Å². The molecule has 1 N–H and O–H groups in total. The van der Waals surface area contributed by atoms with E-state index in [1.807, 2.05) is 38.1 Å². The molecule has 0 fully saturated rings. The highest BCUT2D eigenvalue weighted by molar-refractivity contribution is 7.95. The van der Waals surface area contributed by atoms with Crippen LogP contribution in [0.2, 0.25) is 0 Å². The van der Waals surface area contributed by atoms with Crippen LogP contribution in [0.1, 0.15) is 24.5 Å². The molecule has 0 aromatic heterocycles. The standard InChI is InChI=1S/C17H27O4S.C7H8O3S/c1-4-20-12-16(19)13-21-17-7-5-14(6-8-17)11-15(18)9-10-22(2)3;1-6-2-4-7(5-3-6)11(8,9)10/h5-8,16,19H,4,9-13H2,1-3H3;2-5H,1H3,(H,8,9,10)/q+1;/p-1. The van der Waals surface area contributed by atoms with Gasteiger partial charge in [0.15, 0.2) is 0 Å². The Morgan fingerprint density at radius 2 is 1.67 bits per heavy atom. The van der Waals surface area contributed by atoms with Gasteiger partial charge in [0, 0.05) is 13.0 Å². The van der Waals surface area contributed by atoms with Crippen molar-refractivity contribution in [3.05, 3.63) is 59.7 Å². The Morgan fingerprint density at radius 1 is 1.06 bits per heavy atom. The number of hydrogen-bond acceptors (Lipinski definition) is 7. The predicted molar refractivity (Wildman–Crippen MR) is 131 cm³/mol. The maximum absolute atomic E-state index is 11.8. The van der Waals surface area contributed by atoms with Crippen molar-refractivity contribution >= 4 is 26.8 Å². The minimum atomic E-state index is -4.27. The van der Waals surface area contributed by atoms with E-state index in [1.54, 1.807) is 12.1 Å². The van der Waals surface area contributed by atoms with Crippen LogP contribution in [0, 0.1) is 6.92 Å². The van der Waals surface area contributed by atoms with Crippen molar-refractivity contribution in [1.82, 2.24) is 0 Å². The van der Waals surface area contributed by atoms with E-state index >= 15 is 0 Å². The molecule has 1 atom stereocenters. The smallest absolute Gasteiger partial charge is 0.141 e. The molecule has 9 heteroatoms. The molecule has 33 heavy (non-hydrogen) atoms. The van der Waals surface area contributed by atoms with E-state index in [9.17, 15) is 22.9 Å². The first-order valence-corrected chi connectivity index (χ1v) is 14.2. The second kappa shape index (κ2) is 15.1. The van der Waals surface area contributed by atoms with Gasteiger partial charge in [-0.15, -0.1) is 0 Å². The van der Waals surface area contributed by atoms with Gasteiger partial charge in [-0.2, -0.15) is 0 Å². The number of rotatable bonds is 12. The number of ketones is 1. The largest absolute Gasteiger partial charge is 0.744 e. The molecule has 0 bridgehead atoms. The second-order valence-corrected chi connectivity index (χ2v) is 11.4. The molecule has 0 saturated heterocycles. The highest BCUT2D eigenvalue weighted by atomic mass is 32.2. The number of aliphatic hydroxyl groups is 1. The molecule has 7 nitrogen and oxygen atoms in total. The lowest BCUT2D eigenvalue weighted by Gasteiger charge is -2.12. The van der Waals surface area contributed by atoms with Crippen LogP contribution in [0.4, 0.5) is 0 Å². The summed E-state index contributed by atoms with van der Waals surface area (Å²) >= 11 is 0. The average Bonchev–Trinajstić information content (AvgIpc) is 2.76. The van der Waals surface area contributed by atoms with Crippen LogP contribution in [0.15, 0.2) is 53.4 Å². The average molecular weight is 499 g/mol. The molecule has 0 aliphatic rings. The van der Waals surface area contributed by atoms with Crippen LogP contribution in [0.25, 0.3) is 0 Å². The molecule has 0 aliphatic carbocycles. The van der Waals surface area contributed by atoms with Crippen molar-refractivity contribution in [3.63, 3.8) is 0 Å². The lowest BCUT2D eigenvalue weighted by atomic mass is 10.1. The predicted octanol–water partition coefficient (Wildman–Crippen LogP) is 2.74. The molecule has 2 aromatic carbocycles. The minimum absolute atomic E-state index is 0.178. The molecule has 0 spiro atoms. The first-order chi connectivity index (χ1) is 15.5. The topological polar surface area (TPSA) is 113 Å². The summed E-state index contributed by atoms with van der Waals surface area (Å²) in [6.45, 7) is 4.76. The fourth-order valence-electron chi connectivity index (χ4n) is 2.54. The van der Waals surface area contributed by atoms with Crippen molar-refractivity contribution in [3.8, 4) is 5.75 Å². The van der Waals surface area contributed by atoms with Crippen molar-refractivity contribution in [2.45, 2.75) is 37.7 Å². The number of ether oxygens (including phenoxy) is 2. The summed E-state index contributed by atoms with van der Waals surface area (Å²) in [5.41, 5.74) is 1.93. The van der Waals surface area contributed by atoms with Crippen molar-refractivity contribution in [2.24, 2.45) is 0 Å². The molecule has 2 aromatic rings. The number of Topliss-reactive ketones (excluding diaryl/α,β-unsaturated/α-hetero) is 1. The summed E-state index contributed by atoms with van der Waals surface area (Å²) < 4.78 is 41.8. The molecular formula is C24H34O7S2. The van der Waals surface area contributed by atoms with E-state index in [0.29, 0.717) is 36.1 Å². The molecule has 0 aliphatic heterocycles. The van der Waals surface area contributed by atoms with Gasteiger partial charge in [-0.3, -0.25) is 4.79 Å². The Labute approximate surface area is 200 Å². The zero-order valence-corrected chi connectivity index (χ0v) is 21.3. The fraction of sp³-hybridized carbons (Fsp3) is 0.458. The van der Waals surface area contributed by atoms with Gasteiger partial charge in [0.1, 0.15) is 40.1 Å². The molecule has 0 heterocycles. The number of benzene rings is 2. The number of aliphatic hydroxyl groups excluding tert-OH is 1. The van der Waals surface area contributed by atoms with E-state index in [-0.39, 0.29) is 23.9 Å². The van der Waals surface area contributed by atoms with Crippen LogP contribution in [-0.4, -0.2) is 68.0 Å². The maximum atomic E-state index is 11.8. The number of hydrogen-bond donors (Lipinski definition) is 1. The zero-order valence-electron chi connectivity index (χ0n) is 19.7. The molecule has 0 amide bonds. The lowest BCUT2D eigenvalue weighted by molar-refractivity contribution is -0.118.